The van der Waals surface area contributed by atoms with E-state index in [-0.39, 0.29) is 6.10 Å². The standard InChI is InChI=1S/C17H24N2O/c1-2-3-12-18-17-19-13-8-7-11-15(19)16(20-17)14-9-5-4-6-10-14/h4-6,9-10,15-16H,2-3,7-8,11-13H2,1H3. The summed E-state index contributed by atoms with van der Waals surface area (Å²) < 4.78 is 6.22. The van der Waals surface area contributed by atoms with E-state index in [9.17, 15) is 0 Å². The molecule has 2 unspecified atom stereocenters. The molecule has 0 bridgehead atoms. The first-order valence-corrected chi connectivity index (χ1v) is 7.93. The number of hydrogen-bond acceptors (Lipinski definition) is 2. The van der Waals surface area contributed by atoms with Gasteiger partial charge in [0.25, 0.3) is 6.02 Å². The zero-order valence-electron chi connectivity index (χ0n) is 12.3. The SMILES string of the molecule is CCCCN=C1OC(c2ccccc2)C2CCCCN12. The molecule has 108 valence electrons. The van der Waals surface area contributed by atoms with Gasteiger partial charge >= 0.3 is 0 Å². The predicted molar refractivity (Wildman–Crippen MR) is 81.8 cm³/mol. The van der Waals surface area contributed by atoms with Crippen LogP contribution in [0, 0.1) is 0 Å². The molecule has 2 heterocycles. The minimum Gasteiger partial charge on any atom is -0.455 e. The molecular weight excluding hydrogens is 248 g/mol. The summed E-state index contributed by atoms with van der Waals surface area (Å²) in [4.78, 5) is 7.09. The lowest BCUT2D eigenvalue weighted by atomic mass is 9.94. The number of ether oxygens (including phenoxy) is 1. The Labute approximate surface area is 121 Å². The van der Waals surface area contributed by atoms with Gasteiger partial charge in [0.1, 0.15) is 6.10 Å². The number of aliphatic imine (C=N–C) groups is 1. The average Bonchev–Trinajstić information content (AvgIpc) is 2.88. The van der Waals surface area contributed by atoms with E-state index in [1.165, 1.54) is 31.2 Å². The smallest absolute Gasteiger partial charge is 0.288 e. The zero-order valence-corrected chi connectivity index (χ0v) is 12.3. The Morgan fingerprint density at radius 1 is 1.25 bits per heavy atom. The molecule has 3 nitrogen and oxygen atoms in total. The third kappa shape index (κ3) is 2.67. The lowest BCUT2D eigenvalue weighted by Crippen LogP contribution is -2.39. The lowest BCUT2D eigenvalue weighted by molar-refractivity contribution is 0.168. The van der Waals surface area contributed by atoms with Crippen molar-refractivity contribution in [3.63, 3.8) is 0 Å². The highest BCUT2D eigenvalue weighted by molar-refractivity contribution is 5.77. The van der Waals surface area contributed by atoms with Gasteiger partial charge < -0.3 is 9.64 Å². The quantitative estimate of drug-likeness (QED) is 0.779. The second-order valence-corrected chi connectivity index (χ2v) is 5.72. The predicted octanol–water partition coefficient (Wildman–Crippen LogP) is 3.77. The molecule has 1 aromatic rings. The molecule has 3 heteroatoms. The molecule has 0 N–H and O–H groups in total. The van der Waals surface area contributed by atoms with E-state index >= 15 is 0 Å². The molecule has 2 atom stereocenters. The van der Waals surface area contributed by atoms with Gasteiger partial charge in [0.05, 0.1) is 6.04 Å². The van der Waals surface area contributed by atoms with Crippen molar-refractivity contribution in [3.8, 4) is 0 Å². The molecule has 2 aliphatic heterocycles. The largest absolute Gasteiger partial charge is 0.455 e. The molecule has 2 aliphatic rings. The van der Waals surface area contributed by atoms with Crippen LogP contribution < -0.4 is 0 Å². The van der Waals surface area contributed by atoms with Gasteiger partial charge in [-0.05, 0) is 31.2 Å². The van der Waals surface area contributed by atoms with Crippen LogP contribution in [0.1, 0.15) is 50.7 Å². The van der Waals surface area contributed by atoms with Gasteiger partial charge in [0, 0.05) is 13.1 Å². The summed E-state index contributed by atoms with van der Waals surface area (Å²) >= 11 is 0. The number of rotatable bonds is 4. The van der Waals surface area contributed by atoms with Crippen LogP contribution in [0.4, 0.5) is 0 Å². The first kappa shape index (κ1) is 13.5. The molecule has 0 aliphatic carbocycles. The summed E-state index contributed by atoms with van der Waals surface area (Å²) in [6, 6.07) is 12.0. The Kier molecular flexibility index (Phi) is 4.24. The summed E-state index contributed by atoms with van der Waals surface area (Å²) in [7, 11) is 0. The minimum absolute atomic E-state index is 0.164. The maximum atomic E-state index is 6.22. The Bertz CT molecular complexity index is 457. The second-order valence-electron chi connectivity index (χ2n) is 5.72. The van der Waals surface area contributed by atoms with Crippen molar-refractivity contribution in [3.05, 3.63) is 35.9 Å². The van der Waals surface area contributed by atoms with E-state index in [4.69, 9.17) is 9.73 Å². The van der Waals surface area contributed by atoms with E-state index < -0.39 is 0 Å². The van der Waals surface area contributed by atoms with E-state index in [1.54, 1.807) is 0 Å². The zero-order chi connectivity index (χ0) is 13.8. The molecule has 0 amide bonds. The normalized spacial score (nSPS) is 27.4. The number of nitrogens with zero attached hydrogens (tertiary/aromatic N) is 2. The first-order chi connectivity index (χ1) is 9.90. The topological polar surface area (TPSA) is 24.8 Å². The Balaban J connectivity index is 1.80. The summed E-state index contributed by atoms with van der Waals surface area (Å²) in [6.07, 6.45) is 6.26. The fourth-order valence-corrected chi connectivity index (χ4v) is 3.16. The third-order valence-electron chi connectivity index (χ3n) is 4.26. The molecule has 20 heavy (non-hydrogen) atoms. The van der Waals surface area contributed by atoms with E-state index in [0.29, 0.717) is 6.04 Å². The second kappa shape index (κ2) is 6.29. The minimum atomic E-state index is 0.164. The molecule has 0 spiro atoms. The fraction of sp³-hybridized carbons (Fsp3) is 0.588. The molecule has 3 rings (SSSR count). The van der Waals surface area contributed by atoms with Crippen LogP contribution >= 0.6 is 0 Å². The van der Waals surface area contributed by atoms with Crippen molar-refractivity contribution in [1.29, 1.82) is 0 Å². The van der Waals surface area contributed by atoms with Gasteiger partial charge in [0.2, 0.25) is 0 Å². The van der Waals surface area contributed by atoms with Gasteiger partial charge in [-0.2, -0.15) is 0 Å². The van der Waals surface area contributed by atoms with Crippen molar-refractivity contribution in [1.82, 2.24) is 4.90 Å². The molecule has 0 aromatic heterocycles. The van der Waals surface area contributed by atoms with Crippen molar-refractivity contribution in [2.45, 2.75) is 51.2 Å². The number of fused-ring (bicyclic) bond motifs is 1. The maximum Gasteiger partial charge on any atom is 0.288 e. The fourth-order valence-electron chi connectivity index (χ4n) is 3.16. The average molecular weight is 272 g/mol. The highest BCUT2D eigenvalue weighted by Gasteiger charge is 2.41. The van der Waals surface area contributed by atoms with Crippen molar-refractivity contribution >= 4 is 6.02 Å². The van der Waals surface area contributed by atoms with Gasteiger partial charge in [-0.15, -0.1) is 0 Å². The Hall–Kier alpha value is -1.51. The van der Waals surface area contributed by atoms with Crippen molar-refractivity contribution < 1.29 is 4.74 Å². The molecule has 2 saturated heterocycles. The summed E-state index contributed by atoms with van der Waals surface area (Å²) in [5.41, 5.74) is 1.28. The third-order valence-corrected chi connectivity index (χ3v) is 4.26. The molecule has 0 radical (unpaired) electrons. The van der Waals surface area contributed by atoms with Gasteiger partial charge in [-0.3, -0.25) is 0 Å². The van der Waals surface area contributed by atoms with E-state index in [2.05, 4.69) is 42.2 Å². The van der Waals surface area contributed by atoms with Crippen LogP contribution in [0.25, 0.3) is 0 Å². The number of amidine groups is 1. The number of unbranched alkanes of at least 4 members (excludes halogenated alkanes) is 1. The van der Waals surface area contributed by atoms with Crippen molar-refractivity contribution in [2.75, 3.05) is 13.1 Å². The van der Waals surface area contributed by atoms with Crippen LogP contribution in [0.5, 0.6) is 0 Å². The van der Waals surface area contributed by atoms with Gasteiger partial charge in [-0.1, -0.05) is 43.7 Å². The summed E-state index contributed by atoms with van der Waals surface area (Å²) in [6.45, 7) is 4.18. The van der Waals surface area contributed by atoms with Crippen LogP contribution in [0.2, 0.25) is 0 Å². The van der Waals surface area contributed by atoms with Crippen LogP contribution in [-0.2, 0) is 4.74 Å². The number of piperidine rings is 1. The van der Waals surface area contributed by atoms with Gasteiger partial charge in [-0.25, -0.2) is 4.99 Å². The van der Waals surface area contributed by atoms with Crippen LogP contribution in [0.15, 0.2) is 35.3 Å². The number of benzene rings is 1. The van der Waals surface area contributed by atoms with E-state index in [1.807, 2.05) is 0 Å². The lowest BCUT2D eigenvalue weighted by Gasteiger charge is -2.30. The molecule has 0 saturated carbocycles. The maximum absolute atomic E-state index is 6.22. The van der Waals surface area contributed by atoms with Crippen molar-refractivity contribution in [2.24, 2.45) is 4.99 Å². The Morgan fingerprint density at radius 2 is 2.10 bits per heavy atom. The van der Waals surface area contributed by atoms with Gasteiger partial charge in [0.15, 0.2) is 0 Å². The summed E-state index contributed by atoms with van der Waals surface area (Å²) in [5, 5.41) is 0. The summed E-state index contributed by atoms with van der Waals surface area (Å²) in [5.74, 6) is 0. The molecule has 2 fully saturated rings. The molecule has 1 aromatic carbocycles. The Morgan fingerprint density at radius 3 is 2.90 bits per heavy atom. The van der Waals surface area contributed by atoms with E-state index in [0.717, 1.165) is 25.5 Å². The first-order valence-electron chi connectivity index (χ1n) is 7.93. The van der Waals surface area contributed by atoms with Crippen LogP contribution in [-0.4, -0.2) is 30.1 Å². The molecular formula is C17H24N2O. The van der Waals surface area contributed by atoms with Crippen LogP contribution in [0.3, 0.4) is 0 Å². The monoisotopic (exact) mass is 272 g/mol. The highest BCUT2D eigenvalue weighted by Crippen LogP contribution is 2.37. The number of hydrogen-bond donors (Lipinski definition) is 0. The highest BCUT2D eigenvalue weighted by atomic mass is 16.5.